The van der Waals surface area contributed by atoms with Crippen LogP contribution < -0.4 is 15.5 Å². The summed E-state index contributed by atoms with van der Waals surface area (Å²) in [6, 6.07) is 14.0. The van der Waals surface area contributed by atoms with Gasteiger partial charge < -0.3 is 20.4 Å². The Kier molecular flexibility index (Phi) is 8.08. The highest BCUT2D eigenvalue weighted by molar-refractivity contribution is 6.35. The molecule has 2 aromatic carbocycles. The standard InChI is InChI=1S/C26H34ClN5O2/c1-30-12-14-32(15-13-30)24(20-9-10-23-19(16-20)7-5-11-31(23)2)18-29-26(34)25(33)28-17-21-6-3-4-8-22(21)27/h3-4,6,8-10,16,24H,5,7,11-15,17-18H2,1-2H3,(H,28,33)(H,29,34). The smallest absolute Gasteiger partial charge is 0.309 e. The first-order valence-corrected chi connectivity index (χ1v) is 12.4. The van der Waals surface area contributed by atoms with Gasteiger partial charge in [-0.1, -0.05) is 41.9 Å². The Morgan fingerprint density at radius 3 is 2.47 bits per heavy atom. The lowest BCUT2D eigenvalue weighted by molar-refractivity contribution is -0.139. The number of amides is 2. The zero-order valence-electron chi connectivity index (χ0n) is 20.0. The van der Waals surface area contributed by atoms with Gasteiger partial charge in [-0.05, 0) is 48.7 Å². The van der Waals surface area contributed by atoms with E-state index in [9.17, 15) is 9.59 Å². The summed E-state index contributed by atoms with van der Waals surface area (Å²) in [5.41, 5.74) is 4.61. The molecule has 0 aromatic heterocycles. The fraction of sp³-hybridized carbons (Fsp3) is 0.462. The number of carbonyl (C=O) groups excluding carboxylic acids is 2. The maximum atomic E-state index is 12.6. The number of benzene rings is 2. The number of aryl methyl sites for hydroxylation is 1. The molecular weight excluding hydrogens is 450 g/mol. The Morgan fingerprint density at radius 2 is 1.71 bits per heavy atom. The molecule has 0 bridgehead atoms. The van der Waals surface area contributed by atoms with E-state index < -0.39 is 11.8 Å². The first kappa shape index (κ1) is 24.5. The van der Waals surface area contributed by atoms with Crippen molar-refractivity contribution in [3.8, 4) is 0 Å². The topological polar surface area (TPSA) is 67.9 Å². The normalized spacial score (nSPS) is 17.7. The third-order valence-electron chi connectivity index (χ3n) is 6.88. The summed E-state index contributed by atoms with van der Waals surface area (Å²) in [6.45, 7) is 5.49. The third-order valence-corrected chi connectivity index (χ3v) is 7.25. The first-order valence-electron chi connectivity index (χ1n) is 12.0. The molecule has 1 unspecified atom stereocenters. The largest absolute Gasteiger partial charge is 0.374 e. The second-order valence-corrected chi connectivity index (χ2v) is 9.66. The minimum absolute atomic E-state index is 0.0200. The van der Waals surface area contributed by atoms with Gasteiger partial charge in [-0.15, -0.1) is 0 Å². The van der Waals surface area contributed by atoms with E-state index in [0.717, 1.165) is 51.1 Å². The summed E-state index contributed by atoms with van der Waals surface area (Å²) >= 11 is 6.15. The number of nitrogens with one attached hydrogen (secondary N) is 2. The van der Waals surface area contributed by atoms with E-state index in [-0.39, 0.29) is 12.6 Å². The Hall–Kier alpha value is -2.61. The van der Waals surface area contributed by atoms with E-state index in [0.29, 0.717) is 11.6 Å². The van der Waals surface area contributed by atoms with Gasteiger partial charge in [0.05, 0.1) is 6.04 Å². The molecule has 1 saturated heterocycles. The maximum absolute atomic E-state index is 12.6. The van der Waals surface area contributed by atoms with E-state index in [1.807, 2.05) is 18.2 Å². The van der Waals surface area contributed by atoms with E-state index in [2.05, 4.69) is 57.6 Å². The summed E-state index contributed by atoms with van der Waals surface area (Å²) in [6.07, 6.45) is 2.22. The van der Waals surface area contributed by atoms with Crippen molar-refractivity contribution >= 4 is 29.1 Å². The van der Waals surface area contributed by atoms with Crippen molar-refractivity contribution in [1.82, 2.24) is 20.4 Å². The lowest BCUT2D eigenvalue weighted by Crippen LogP contribution is -2.49. The van der Waals surface area contributed by atoms with Crippen LogP contribution in [0.25, 0.3) is 0 Å². The Labute approximate surface area is 207 Å². The van der Waals surface area contributed by atoms with Gasteiger partial charge in [-0.25, -0.2) is 0 Å². The molecule has 7 nitrogen and oxygen atoms in total. The van der Waals surface area contributed by atoms with Crippen molar-refractivity contribution in [3.63, 3.8) is 0 Å². The number of hydrogen-bond donors (Lipinski definition) is 2. The molecule has 34 heavy (non-hydrogen) atoms. The highest BCUT2D eigenvalue weighted by Crippen LogP contribution is 2.31. The van der Waals surface area contributed by atoms with Crippen LogP contribution in [0.15, 0.2) is 42.5 Å². The molecule has 2 heterocycles. The summed E-state index contributed by atoms with van der Waals surface area (Å²) in [7, 11) is 4.27. The second-order valence-electron chi connectivity index (χ2n) is 9.25. The minimum Gasteiger partial charge on any atom is -0.374 e. The number of likely N-dealkylation sites (N-methyl/N-ethyl adjacent to an activating group) is 1. The SMILES string of the molecule is CN1CCN(C(CNC(=O)C(=O)NCc2ccccc2Cl)c2ccc3c(c2)CCCN3C)CC1. The summed E-state index contributed by atoms with van der Waals surface area (Å²) in [4.78, 5) is 32.1. The van der Waals surface area contributed by atoms with Crippen LogP contribution in [0, 0.1) is 0 Å². The lowest BCUT2D eigenvalue weighted by Gasteiger charge is -2.39. The predicted octanol–water partition coefficient (Wildman–Crippen LogP) is 2.44. The van der Waals surface area contributed by atoms with Crippen LogP contribution in [0.1, 0.15) is 29.2 Å². The number of halogens is 1. The Bertz CT molecular complexity index is 1020. The molecule has 1 fully saturated rings. The van der Waals surface area contributed by atoms with Gasteiger partial charge in [0, 0.05) is 63.6 Å². The molecule has 0 radical (unpaired) electrons. The number of piperazine rings is 1. The fourth-order valence-corrected chi connectivity index (χ4v) is 4.97. The predicted molar refractivity (Wildman–Crippen MR) is 136 cm³/mol. The van der Waals surface area contributed by atoms with Crippen LogP contribution >= 0.6 is 11.6 Å². The first-order chi connectivity index (χ1) is 16.4. The van der Waals surface area contributed by atoms with Crippen LogP contribution in [0.4, 0.5) is 5.69 Å². The second kappa shape index (κ2) is 11.2. The molecule has 0 aliphatic carbocycles. The van der Waals surface area contributed by atoms with Crippen LogP contribution in [0.3, 0.4) is 0 Å². The van der Waals surface area contributed by atoms with Crippen molar-refractivity contribution in [1.29, 1.82) is 0 Å². The van der Waals surface area contributed by atoms with Crippen LogP contribution in [0.2, 0.25) is 5.02 Å². The van der Waals surface area contributed by atoms with Gasteiger partial charge in [0.2, 0.25) is 0 Å². The van der Waals surface area contributed by atoms with Gasteiger partial charge in [-0.2, -0.15) is 0 Å². The van der Waals surface area contributed by atoms with E-state index >= 15 is 0 Å². The van der Waals surface area contributed by atoms with Crippen molar-refractivity contribution in [3.05, 3.63) is 64.2 Å². The van der Waals surface area contributed by atoms with Crippen LogP contribution in [-0.2, 0) is 22.6 Å². The minimum atomic E-state index is -0.649. The number of rotatable bonds is 6. The summed E-state index contributed by atoms with van der Waals surface area (Å²) in [5, 5.41) is 6.12. The number of carbonyl (C=O) groups is 2. The lowest BCUT2D eigenvalue weighted by atomic mass is 9.95. The summed E-state index contributed by atoms with van der Waals surface area (Å²) in [5.74, 6) is -1.27. The Balaban J connectivity index is 1.43. The molecule has 2 amide bonds. The molecule has 8 heteroatoms. The molecule has 0 saturated carbocycles. The van der Waals surface area contributed by atoms with Crippen molar-refractivity contribution in [2.75, 3.05) is 58.3 Å². The maximum Gasteiger partial charge on any atom is 0.309 e. The molecule has 2 aliphatic rings. The molecule has 182 valence electrons. The fourth-order valence-electron chi connectivity index (χ4n) is 4.77. The van der Waals surface area contributed by atoms with Gasteiger partial charge >= 0.3 is 11.8 Å². The quantitative estimate of drug-likeness (QED) is 0.618. The molecule has 2 N–H and O–H groups in total. The van der Waals surface area contributed by atoms with Gasteiger partial charge in [0.25, 0.3) is 0 Å². The highest BCUT2D eigenvalue weighted by atomic mass is 35.5. The van der Waals surface area contributed by atoms with E-state index in [4.69, 9.17) is 11.6 Å². The number of nitrogens with zero attached hydrogens (tertiary/aromatic N) is 3. The van der Waals surface area contributed by atoms with Crippen molar-refractivity contribution in [2.24, 2.45) is 0 Å². The zero-order chi connectivity index (χ0) is 24.1. The zero-order valence-corrected chi connectivity index (χ0v) is 20.8. The van der Waals surface area contributed by atoms with Crippen LogP contribution in [0.5, 0.6) is 0 Å². The average molecular weight is 484 g/mol. The Morgan fingerprint density at radius 1 is 0.971 bits per heavy atom. The molecule has 2 aliphatic heterocycles. The van der Waals surface area contributed by atoms with Gasteiger partial charge in [0.1, 0.15) is 0 Å². The molecule has 4 rings (SSSR count). The highest BCUT2D eigenvalue weighted by Gasteiger charge is 2.27. The molecule has 0 spiro atoms. The summed E-state index contributed by atoms with van der Waals surface area (Å²) < 4.78 is 0. The molecule has 2 aromatic rings. The molecular formula is C26H34ClN5O2. The third kappa shape index (κ3) is 5.90. The van der Waals surface area contributed by atoms with E-state index in [1.165, 1.54) is 16.8 Å². The average Bonchev–Trinajstić information content (AvgIpc) is 2.84. The number of hydrogen-bond acceptors (Lipinski definition) is 5. The monoisotopic (exact) mass is 483 g/mol. The van der Waals surface area contributed by atoms with Crippen molar-refractivity contribution < 1.29 is 9.59 Å². The number of fused-ring (bicyclic) bond motifs is 1. The van der Waals surface area contributed by atoms with Crippen LogP contribution in [-0.4, -0.2) is 75.0 Å². The van der Waals surface area contributed by atoms with Crippen molar-refractivity contribution in [2.45, 2.75) is 25.4 Å². The number of anilines is 1. The molecule has 1 atom stereocenters. The van der Waals surface area contributed by atoms with Gasteiger partial charge in [0.15, 0.2) is 0 Å². The van der Waals surface area contributed by atoms with E-state index in [1.54, 1.807) is 6.07 Å². The van der Waals surface area contributed by atoms with Gasteiger partial charge in [-0.3, -0.25) is 14.5 Å².